The van der Waals surface area contributed by atoms with Crippen LogP contribution in [0.25, 0.3) is 11.1 Å². The summed E-state index contributed by atoms with van der Waals surface area (Å²) in [6, 6.07) is 13.3. The normalized spacial score (nSPS) is 13.5. The van der Waals surface area contributed by atoms with E-state index in [1.54, 1.807) is 20.8 Å². The van der Waals surface area contributed by atoms with Crippen molar-refractivity contribution >= 4 is 18.2 Å². The molecular weight excluding hydrogens is 412 g/mol. The predicted molar refractivity (Wildman–Crippen MR) is 118 cm³/mol. The van der Waals surface area contributed by atoms with Gasteiger partial charge >= 0.3 is 18.2 Å². The first kappa shape index (κ1) is 23.1. The van der Waals surface area contributed by atoms with Crippen molar-refractivity contribution in [1.29, 1.82) is 0 Å². The minimum atomic E-state index is -1.23. The lowest BCUT2D eigenvalue weighted by molar-refractivity contribution is -0.143. The Morgan fingerprint density at radius 1 is 1.03 bits per heavy atom. The van der Waals surface area contributed by atoms with Crippen molar-refractivity contribution < 1.29 is 29.0 Å². The second-order valence-electron chi connectivity index (χ2n) is 8.53. The fourth-order valence-electron chi connectivity index (χ4n) is 3.95. The van der Waals surface area contributed by atoms with Crippen LogP contribution >= 0.6 is 0 Å². The molecule has 0 saturated carbocycles. The van der Waals surface area contributed by atoms with E-state index in [4.69, 9.17) is 9.47 Å². The highest BCUT2D eigenvalue weighted by atomic mass is 16.6. The summed E-state index contributed by atoms with van der Waals surface area (Å²) in [4.78, 5) is 38.3. The van der Waals surface area contributed by atoms with Crippen LogP contribution in [0, 0.1) is 0 Å². The zero-order valence-corrected chi connectivity index (χ0v) is 18.6. The maximum Gasteiger partial charge on any atom is 0.411 e. The Balaban J connectivity index is 1.92. The number of benzene rings is 2. The smallest absolute Gasteiger partial charge is 0.411 e. The average Bonchev–Trinajstić information content (AvgIpc) is 3.06. The van der Waals surface area contributed by atoms with Crippen LogP contribution in [0.5, 0.6) is 0 Å². The van der Waals surface area contributed by atoms with Gasteiger partial charge in [-0.1, -0.05) is 48.5 Å². The van der Waals surface area contributed by atoms with Crippen molar-refractivity contribution in [3.8, 4) is 11.1 Å². The number of hydrogen-bond acceptors (Lipinski definition) is 5. The highest BCUT2D eigenvalue weighted by Crippen LogP contribution is 2.47. The number of aliphatic carboxylic acids is 1. The predicted octanol–water partition coefficient (Wildman–Crippen LogP) is 4.19. The number of carbonyl (C=O) groups is 3. The first-order valence-corrected chi connectivity index (χ1v) is 10.4. The Kier molecular flexibility index (Phi) is 6.72. The molecule has 2 amide bonds. The molecular formula is C24H28N2O6. The quantitative estimate of drug-likeness (QED) is 0.698. The van der Waals surface area contributed by atoms with Crippen LogP contribution in [0.1, 0.15) is 44.4 Å². The van der Waals surface area contributed by atoms with E-state index in [0.29, 0.717) is 0 Å². The molecule has 2 N–H and O–H groups in total. The van der Waals surface area contributed by atoms with E-state index in [9.17, 15) is 19.5 Å². The molecule has 0 aromatic heterocycles. The number of carbonyl (C=O) groups excluding carboxylic acids is 2. The number of nitrogens with one attached hydrogen (secondary N) is 1. The summed E-state index contributed by atoms with van der Waals surface area (Å²) in [5, 5.41) is 12.6. The first-order chi connectivity index (χ1) is 15.1. The van der Waals surface area contributed by atoms with Gasteiger partial charge in [0, 0.05) is 6.54 Å². The first-order valence-electron chi connectivity index (χ1n) is 10.4. The molecule has 1 aliphatic carbocycles. The number of carboxylic acids is 1. The molecule has 0 spiro atoms. The van der Waals surface area contributed by atoms with Gasteiger partial charge in [0.25, 0.3) is 0 Å². The molecule has 8 heteroatoms. The minimum absolute atomic E-state index is 0.00931. The second kappa shape index (κ2) is 9.30. The highest BCUT2D eigenvalue weighted by molar-refractivity contribution is 5.85. The van der Waals surface area contributed by atoms with Gasteiger partial charge in [0.2, 0.25) is 0 Å². The van der Waals surface area contributed by atoms with E-state index in [-0.39, 0.29) is 13.0 Å². The third kappa shape index (κ3) is 4.85. The van der Waals surface area contributed by atoms with Crippen molar-refractivity contribution in [3.05, 3.63) is 59.7 Å². The van der Waals surface area contributed by atoms with Crippen molar-refractivity contribution in [2.24, 2.45) is 0 Å². The SMILES string of the molecule is COC(=O)N(C(CCNC(=O)OC(C)(C)C)C(=O)O)C1c2ccccc2-c2ccccc21. The summed E-state index contributed by atoms with van der Waals surface area (Å²) in [5.74, 6) is -1.19. The molecule has 2 aromatic rings. The van der Waals surface area contributed by atoms with Gasteiger partial charge < -0.3 is 19.9 Å². The largest absolute Gasteiger partial charge is 0.480 e. The zero-order chi connectivity index (χ0) is 23.5. The highest BCUT2D eigenvalue weighted by Gasteiger charge is 2.42. The molecule has 3 rings (SSSR count). The average molecular weight is 440 g/mol. The lowest BCUT2D eigenvalue weighted by atomic mass is 10.0. The number of nitrogens with zero attached hydrogens (tertiary/aromatic N) is 1. The minimum Gasteiger partial charge on any atom is -0.480 e. The van der Waals surface area contributed by atoms with Crippen molar-refractivity contribution in [2.45, 2.75) is 44.9 Å². The maximum absolute atomic E-state index is 12.9. The number of alkyl carbamates (subject to hydrolysis) is 1. The molecule has 0 radical (unpaired) electrons. The summed E-state index contributed by atoms with van der Waals surface area (Å²) in [5.41, 5.74) is 2.86. The molecule has 8 nitrogen and oxygen atoms in total. The maximum atomic E-state index is 12.9. The molecule has 0 bridgehead atoms. The lowest BCUT2D eigenvalue weighted by Crippen LogP contribution is -2.48. The third-order valence-electron chi connectivity index (χ3n) is 5.17. The van der Waals surface area contributed by atoms with Crippen LogP contribution in [0.2, 0.25) is 0 Å². The number of carboxylic acid groups (broad SMARTS) is 1. The van der Waals surface area contributed by atoms with Crippen LogP contribution in [-0.4, -0.2) is 53.5 Å². The van der Waals surface area contributed by atoms with Crippen molar-refractivity contribution in [1.82, 2.24) is 10.2 Å². The Morgan fingerprint density at radius 2 is 1.56 bits per heavy atom. The molecule has 0 aliphatic heterocycles. The number of rotatable bonds is 6. The van der Waals surface area contributed by atoms with Crippen LogP contribution in [0.3, 0.4) is 0 Å². The van der Waals surface area contributed by atoms with Gasteiger partial charge in [0.15, 0.2) is 0 Å². The fourth-order valence-corrected chi connectivity index (χ4v) is 3.95. The topological polar surface area (TPSA) is 105 Å². The Hall–Kier alpha value is -3.55. The van der Waals surface area contributed by atoms with Gasteiger partial charge in [-0.3, -0.25) is 4.90 Å². The number of ether oxygens (including phenoxy) is 2. The number of amides is 2. The van der Waals surface area contributed by atoms with E-state index in [0.717, 1.165) is 22.3 Å². The Labute approximate surface area is 187 Å². The van der Waals surface area contributed by atoms with Gasteiger partial charge in [0.05, 0.1) is 13.2 Å². The summed E-state index contributed by atoms with van der Waals surface area (Å²) < 4.78 is 10.2. The standard InChI is InChI=1S/C24H28N2O6/c1-24(2,3)32-22(29)25-14-13-19(21(27)28)26(23(30)31-4)20-17-11-7-5-9-15(17)16-10-6-8-12-18(16)20/h5-12,19-20H,13-14H2,1-4H3,(H,25,29)(H,27,28). The van der Waals surface area contributed by atoms with E-state index in [2.05, 4.69) is 5.32 Å². The Bertz CT molecular complexity index is 968. The summed E-state index contributed by atoms with van der Waals surface area (Å²) in [6.07, 6.45) is -1.43. The van der Waals surface area contributed by atoms with Gasteiger partial charge in [-0.15, -0.1) is 0 Å². The van der Waals surface area contributed by atoms with Gasteiger partial charge in [-0.05, 0) is 49.4 Å². The summed E-state index contributed by atoms with van der Waals surface area (Å²) >= 11 is 0. The van der Waals surface area contributed by atoms with E-state index in [1.165, 1.54) is 12.0 Å². The molecule has 170 valence electrons. The van der Waals surface area contributed by atoms with E-state index >= 15 is 0 Å². The van der Waals surface area contributed by atoms with Crippen LogP contribution in [-0.2, 0) is 14.3 Å². The monoisotopic (exact) mass is 440 g/mol. The molecule has 32 heavy (non-hydrogen) atoms. The van der Waals surface area contributed by atoms with E-state index < -0.39 is 35.8 Å². The lowest BCUT2D eigenvalue weighted by Gasteiger charge is -2.34. The van der Waals surface area contributed by atoms with Crippen molar-refractivity contribution in [2.75, 3.05) is 13.7 Å². The molecule has 0 saturated heterocycles. The fraction of sp³-hybridized carbons (Fsp3) is 0.375. The molecule has 1 atom stereocenters. The molecule has 0 heterocycles. The van der Waals surface area contributed by atoms with Gasteiger partial charge in [-0.25, -0.2) is 14.4 Å². The summed E-state index contributed by atoms with van der Waals surface area (Å²) in [6.45, 7) is 5.22. The molecule has 1 unspecified atom stereocenters. The number of methoxy groups -OCH3 is 1. The van der Waals surface area contributed by atoms with Crippen LogP contribution < -0.4 is 5.32 Å². The van der Waals surface area contributed by atoms with Crippen molar-refractivity contribution in [3.63, 3.8) is 0 Å². The number of fused-ring (bicyclic) bond motifs is 3. The molecule has 2 aromatic carbocycles. The van der Waals surface area contributed by atoms with Gasteiger partial charge in [-0.2, -0.15) is 0 Å². The zero-order valence-electron chi connectivity index (χ0n) is 18.6. The molecule has 1 aliphatic rings. The van der Waals surface area contributed by atoms with Crippen LogP contribution in [0.15, 0.2) is 48.5 Å². The second-order valence-corrected chi connectivity index (χ2v) is 8.53. The molecule has 0 fully saturated rings. The third-order valence-corrected chi connectivity index (χ3v) is 5.17. The van der Waals surface area contributed by atoms with Crippen LogP contribution in [0.4, 0.5) is 9.59 Å². The number of hydrogen-bond donors (Lipinski definition) is 2. The van der Waals surface area contributed by atoms with E-state index in [1.807, 2.05) is 48.5 Å². The Morgan fingerprint density at radius 3 is 2.03 bits per heavy atom. The summed E-state index contributed by atoms with van der Waals surface area (Å²) in [7, 11) is 1.22. The van der Waals surface area contributed by atoms with Gasteiger partial charge in [0.1, 0.15) is 11.6 Å².